The molecule has 0 saturated heterocycles. The molecule has 1 atom stereocenters. The van der Waals surface area contributed by atoms with Crippen molar-refractivity contribution in [1.29, 1.82) is 0 Å². The van der Waals surface area contributed by atoms with Gasteiger partial charge in [0.05, 0.1) is 7.11 Å². The number of esters is 1. The van der Waals surface area contributed by atoms with Crippen LogP contribution < -0.4 is 0 Å². The molecule has 66 valence electrons. The second-order valence-corrected chi connectivity index (χ2v) is 2.79. The molecule has 0 aliphatic heterocycles. The van der Waals surface area contributed by atoms with Gasteiger partial charge in [-0.25, -0.2) is 0 Å². The monoisotopic (exact) mass is 159 g/mol. The van der Waals surface area contributed by atoms with Gasteiger partial charge in [-0.05, 0) is 20.5 Å². The molecule has 0 unspecified atom stereocenters. The molecular weight excluding hydrogens is 142 g/mol. The van der Waals surface area contributed by atoms with Crippen LogP contribution in [0.4, 0.5) is 0 Å². The average molecular weight is 159 g/mol. The number of nitrogens with zero attached hydrogens (tertiary/aromatic N) is 1. The van der Waals surface area contributed by atoms with E-state index in [1.807, 2.05) is 19.0 Å². The Morgan fingerprint density at radius 1 is 1.55 bits per heavy atom. The molecular formula is C8H17NO2. The van der Waals surface area contributed by atoms with Crippen LogP contribution >= 0.6 is 0 Å². The summed E-state index contributed by atoms with van der Waals surface area (Å²) < 4.78 is 4.65. The van der Waals surface area contributed by atoms with Crippen LogP contribution in [0, 0.1) is 0 Å². The number of hydrogen-bond donors (Lipinski definition) is 0. The molecule has 3 nitrogen and oxygen atoms in total. The van der Waals surface area contributed by atoms with Crippen LogP contribution in [0.15, 0.2) is 0 Å². The van der Waals surface area contributed by atoms with E-state index < -0.39 is 0 Å². The lowest BCUT2D eigenvalue weighted by molar-refractivity contribution is -0.146. The summed E-state index contributed by atoms with van der Waals surface area (Å²) >= 11 is 0. The molecule has 11 heavy (non-hydrogen) atoms. The predicted molar refractivity (Wildman–Crippen MR) is 44.4 cm³/mol. The molecule has 0 amide bonds. The molecule has 0 aliphatic rings. The predicted octanol–water partition coefficient (Wildman–Crippen LogP) is 0.890. The lowest BCUT2D eigenvalue weighted by Crippen LogP contribution is -2.36. The Morgan fingerprint density at radius 3 is 2.36 bits per heavy atom. The summed E-state index contributed by atoms with van der Waals surface area (Å²) in [5, 5.41) is 0. The Kier molecular flexibility index (Phi) is 4.86. The molecule has 0 aromatic carbocycles. The zero-order valence-electron chi connectivity index (χ0n) is 7.76. The van der Waals surface area contributed by atoms with Crippen molar-refractivity contribution >= 4 is 5.97 Å². The van der Waals surface area contributed by atoms with Gasteiger partial charge in [0, 0.05) is 0 Å². The quantitative estimate of drug-likeness (QED) is 0.570. The Balaban J connectivity index is 3.98. The van der Waals surface area contributed by atoms with Crippen molar-refractivity contribution in [2.75, 3.05) is 21.2 Å². The summed E-state index contributed by atoms with van der Waals surface area (Å²) in [7, 11) is 5.20. The van der Waals surface area contributed by atoms with Gasteiger partial charge in [0.2, 0.25) is 0 Å². The highest BCUT2D eigenvalue weighted by atomic mass is 16.5. The van der Waals surface area contributed by atoms with E-state index in [0.717, 1.165) is 12.8 Å². The van der Waals surface area contributed by atoms with Crippen molar-refractivity contribution in [3.05, 3.63) is 0 Å². The van der Waals surface area contributed by atoms with Gasteiger partial charge in [-0.3, -0.25) is 9.69 Å². The lowest BCUT2D eigenvalue weighted by atomic mass is 10.1. The molecule has 0 radical (unpaired) electrons. The maximum absolute atomic E-state index is 11.1. The highest BCUT2D eigenvalue weighted by Gasteiger charge is 2.19. The molecule has 0 rings (SSSR count). The number of rotatable bonds is 4. The minimum absolute atomic E-state index is 0.0787. The second-order valence-electron chi connectivity index (χ2n) is 2.79. The summed E-state index contributed by atoms with van der Waals surface area (Å²) in [4.78, 5) is 13.0. The van der Waals surface area contributed by atoms with Crippen molar-refractivity contribution in [3.8, 4) is 0 Å². The second kappa shape index (κ2) is 5.13. The van der Waals surface area contributed by atoms with Gasteiger partial charge in [-0.2, -0.15) is 0 Å². The third-order valence-corrected chi connectivity index (χ3v) is 1.66. The molecule has 0 spiro atoms. The van der Waals surface area contributed by atoms with Crippen LogP contribution in [0.1, 0.15) is 19.8 Å². The van der Waals surface area contributed by atoms with Crippen molar-refractivity contribution in [1.82, 2.24) is 4.90 Å². The van der Waals surface area contributed by atoms with E-state index in [0.29, 0.717) is 0 Å². The fourth-order valence-corrected chi connectivity index (χ4v) is 0.996. The van der Waals surface area contributed by atoms with Crippen LogP contribution in [0.25, 0.3) is 0 Å². The number of carbonyl (C=O) groups is 1. The fraction of sp³-hybridized carbons (Fsp3) is 0.875. The Labute approximate surface area is 68.3 Å². The van der Waals surface area contributed by atoms with Gasteiger partial charge in [0.1, 0.15) is 6.04 Å². The van der Waals surface area contributed by atoms with E-state index in [1.54, 1.807) is 0 Å². The molecule has 0 heterocycles. The normalized spacial score (nSPS) is 13.2. The van der Waals surface area contributed by atoms with Gasteiger partial charge < -0.3 is 4.74 Å². The zero-order valence-corrected chi connectivity index (χ0v) is 7.76. The van der Waals surface area contributed by atoms with Gasteiger partial charge in [-0.15, -0.1) is 0 Å². The van der Waals surface area contributed by atoms with E-state index in [2.05, 4.69) is 11.7 Å². The topological polar surface area (TPSA) is 29.5 Å². The molecule has 0 aromatic rings. The van der Waals surface area contributed by atoms with Gasteiger partial charge in [0.25, 0.3) is 0 Å². The zero-order chi connectivity index (χ0) is 8.85. The largest absolute Gasteiger partial charge is 0.468 e. The van der Waals surface area contributed by atoms with Crippen LogP contribution in [-0.4, -0.2) is 38.1 Å². The summed E-state index contributed by atoms with van der Waals surface area (Å²) in [6.45, 7) is 2.06. The van der Waals surface area contributed by atoms with E-state index in [4.69, 9.17) is 0 Å². The van der Waals surface area contributed by atoms with Crippen LogP contribution in [0.3, 0.4) is 0 Å². The molecule has 0 saturated carbocycles. The molecule has 0 bridgehead atoms. The summed E-state index contributed by atoms with van der Waals surface area (Å²) in [6.07, 6.45) is 1.86. The molecule has 0 aromatic heterocycles. The Hall–Kier alpha value is -0.570. The van der Waals surface area contributed by atoms with Crippen molar-refractivity contribution in [3.63, 3.8) is 0 Å². The molecule has 0 aliphatic carbocycles. The molecule has 0 fully saturated rings. The first-order valence-electron chi connectivity index (χ1n) is 3.87. The maximum Gasteiger partial charge on any atom is 0.323 e. The van der Waals surface area contributed by atoms with Crippen LogP contribution in [0.5, 0.6) is 0 Å². The Morgan fingerprint density at radius 2 is 2.09 bits per heavy atom. The molecule has 0 N–H and O–H groups in total. The van der Waals surface area contributed by atoms with E-state index in [1.165, 1.54) is 7.11 Å². The first kappa shape index (κ1) is 10.4. The minimum Gasteiger partial charge on any atom is -0.468 e. The standard InChI is InChI=1S/C8H17NO2/c1-5-6-7(9(2)3)8(10)11-4/h7H,5-6H2,1-4H3/t7-/m0/s1. The molecule has 3 heteroatoms. The Bertz CT molecular complexity index is 123. The smallest absolute Gasteiger partial charge is 0.323 e. The highest BCUT2D eigenvalue weighted by Crippen LogP contribution is 2.04. The SMILES string of the molecule is CCC[C@@H](C(=O)OC)N(C)C. The average Bonchev–Trinajstić information content (AvgIpc) is 1.98. The number of methoxy groups -OCH3 is 1. The number of carbonyl (C=O) groups excluding carboxylic acids is 1. The van der Waals surface area contributed by atoms with E-state index >= 15 is 0 Å². The third kappa shape index (κ3) is 3.37. The van der Waals surface area contributed by atoms with Gasteiger partial charge in [-0.1, -0.05) is 13.3 Å². The van der Waals surface area contributed by atoms with E-state index in [-0.39, 0.29) is 12.0 Å². The fourth-order valence-electron chi connectivity index (χ4n) is 0.996. The maximum atomic E-state index is 11.1. The van der Waals surface area contributed by atoms with Crippen molar-refractivity contribution < 1.29 is 9.53 Å². The summed E-state index contributed by atoms with van der Waals surface area (Å²) in [6, 6.07) is -0.0787. The summed E-state index contributed by atoms with van der Waals surface area (Å²) in [5.41, 5.74) is 0. The number of likely N-dealkylation sites (N-methyl/N-ethyl adjacent to an activating group) is 1. The highest BCUT2D eigenvalue weighted by molar-refractivity contribution is 5.75. The lowest BCUT2D eigenvalue weighted by Gasteiger charge is -2.20. The first-order chi connectivity index (χ1) is 5.13. The van der Waals surface area contributed by atoms with Crippen LogP contribution in [-0.2, 0) is 9.53 Å². The van der Waals surface area contributed by atoms with Crippen molar-refractivity contribution in [2.45, 2.75) is 25.8 Å². The third-order valence-electron chi connectivity index (χ3n) is 1.66. The van der Waals surface area contributed by atoms with Gasteiger partial charge in [0.15, 0.2) is 0 Å². The van der Waals surface area contributed by atoms with Crippen molar-refractivity contribution in [2.24, 2.45) is 0 Å². The summed E-state index contributed by atoms with van der Waals surface area (Å²) in [5.74, 6) is -0.142. The van der Waals surface area contributed by atoms with Gasteiger partial charge >= 0.3 is 5.97 Å². The minimum atomic E-state index is -0.142. The van der Waals surface area contributed by atoms with E-state index in [9.17, 15) is 4.79 Å². The number of ether oxygens (including phenoxy) is 1. The number of hydrogen-bond acceptors (Lipinski definition) is 3. The first-order valence-corrected chi connectivity index (χ1v) is 3.87. The van der Waals surface area contributed by atoms with Crippen LogP contribution in [0.2, 0.25) is 0 Å².